The summed E-state index contributed by atoms with van der Waals surface area (Å²) >= 11 is 6.20. The molecule has 0 heterocycles. The van der Waals surface area contributed by atoms with Gasteiger partial charge in [-0.2, -0.15) is 0 Å². The van der Waals surface area contributed by atoms with Gasteiger partial charge in [-0.3, -0.25) is 0 Å². The minimum atomic E-state index is 0.524. The van der Waals surface area contributed by atoms with Gasteiger partial charge in [-0.15, -0.1) is 11.6 Å². The predicted octanol–water partition coefficient (Wildman–Crippen LogP) is 5.39. The van der Waals surface area contributed by atoms with Crippen molar-refractivity contribution in [1.82, 2.24) is 0 Å². The van der Waals surface area contributed by atoms with Gasteiger partial charge in [-0.05, 0) is 30.6 Å². The van der Waals surface area contributed by atoms with Gasteiger partial charge in [0, 0.05) is 5.88 Å². The summed E-state index contributed by atoms with van der Waals surface area (Å²) in [4.78, 5) is 0. The van der Waals surface area contributed by atoms with E-state index in [0.717, 1.165) is 11.8 Å². The maximum absolute atomic E-state index is 6.20. The quantitative estimate of drug-likeness (QED) is 0.515. The third-order valence-corrected chi connectivity index (χ3v) is 4.78. The molecule has 1 unspecified atom stereocenters. The van der Waals surface area contributed by atoms with E-state index in [2.05, 4.69) is 13.8 Å². The standard InChI is InChI=1S/C14H27Cl/c1-3-5-8-13(4-2)11-14(12-15)9-6-7-10-14/h13H,3-12H2,1-2H3. The number of halogens is 1. The molecule has 0 aromatic heterocycles. The molecule has 0 spiro atoms. The highest BCUT2D eigenvalue weighted by Crippen LogP contribution is 2.45. The molecule has 1 aliphatic carbocycles. The maximum Gasteiger partial charge on any atom is 0.0280 e. The van der Waals surface area contributed by atoms with Crippen LogP contribution >= 0.6 is 11.6 Å². The summed E-state index contributed by atoms with van der Waals surface area (Å²) in [5.41, 5.74) is 0.524. The molecule has 0 aromatic carbocycles. The molecule has 1 rings (SSSR count). The smallest absolute Gasteiger partial charge is 0.0280 e. The van der Waals surface area contributed by atoms with E-state index in [1.165, 1.54) is 57.8 Å². The molecule has 15 heavy (non-hydrogen) atoms. The van der Waals surface area contributed by atoms with E-state index in [4.69, 9.17) is 11.6 Å². The van der Waals surface area contributed by atoms with Crippen LogP contribution in [0.4, 0.5) is 0 Å². The van der Waals surface area contributed by atoms with Gasteiger partial charge in [0.15, 0.2) is 0 Å². The molecule has 1 saturated carbocycles. The van der Waals surface area contributed by atoms with Crippen LogP contribution in [0.5, 0.6) is 0 Å². The van der Waals surface area contributed by atoms with Crippen molar-refractivity contribution < 1.29 is 0 Å². The Morgan fingerprint density at radius 2 is 1.87 bits per heavy atom. The molecule has 0 amide bonds. The van der Waals surface area contributed by atoms with E-state index in [9.17, 15) is 0 Å². The molecular weight excluding hydrogens is 204 g/mol. The average Bonchev–Trinajstić information content (AvgIpc) is 2.73. The predicted molar refractivity (Wildman–Crippen MR) is 69.5 cm³/mol. The van der Waals surface area contributed by atoms with Gasteiger partial charge in [-0.25, -0.2) is 0 Å². The van der Waals surface area contributed by atoms with Crippen molar-refractivity contribution in [3.05, 3.63) is 0 Å². The highest BCUT2D eigenvalue weighted by Gasteiger charge is 2.34. The average molecular weight is 231 g/mol. The first kappa shape index (κ1) is 13.4. The second kappa shape index (κ2) is 6.78. The van der Waals surface area contributed by atoms with Gasteiger partial charge < -0.3 is 0 Å². The normalized spacial score (nSPS) is 21.8. The number of hydrogen-bond donors (Lipinski definition) is 0. The van der Waals surface area contributed by atoms with Crippen molar-refractivity contribution in [1.29, 1.82) is 0 Å². The van der Waals surface area contributed by atoms with Crippen LogP contribution < -0.4 is 0 Å². The van der Waals surface area contributed by atoms with E-state index >= 15 is 0 Å². The minimum Gasteiger partial charge on any atom is -0.126 e. The van der Waals surface area contributed by atoms with Crippen LogP contribution in [0.25, 0.3) is 0 Å². The largest absolute Gasteiger partial charge is 0.126 e. The number of hydrogen-bond acceptors (Lipinski definition) is 0. The molecule has 0 saturated heterocycles. The first-order chi connectivity index (χ1) is 7.26. The molecule has 1 fully saturated rings. The van der Waals surface area contributed by atoms with Gasteiger partial charge in [0.25, 0.3) is 0 Å². The summed E-state index contributed by atoms with van der Waals surface area (Å²) in [5, 5.41) is 0. The van der Waals surface area contributed by atoms with E-state index < -0.39 is 0 Å². The summed E-state index contributed by atoms with van der Waals surface area (Å²) in [7, 11) is 0. The molecule has 0 aliphatic heterocycles. The van der Waals surface area contributed by atoms with Crippen LogP contribution in [0.1, 0.15) is 71.6 Å². The van der Waals surface area contributed by atoms with Crippen LogP contribution in [-0.4, -0.2) is 5.88 Å². The van der Waals surface area contributed by atoms with Gasteiger partial charge in [0.05, 0.1) is 0 Å². The molecule has 1 aliphatic rings. The summed E-state index contributed by atoms with van der Waals surface area (Å²) in [5.74, 6) is 1.83. The van der Waals surface area contributed by atoms with Gasteiger partial charge in [-0.1, -0.05) is 52.4 Å². The van der Waals surface area contributed by atoms with Crippen molar-refractivity contribution >= 4 is 11.6 Å². The molecule has 0 bridgehead atoms. The van der Waals surface area contributed by atoms with Crippen LogP contribution in [0.3, 0.4) is 0 Å². The lowest BCUT2D eigenvalue weighted by Crippen LogP contribution is -2.22. The van der Waals surface area contributed by atoms with Crippen LogP contribution in [0.2, 0.25) is 0 Å². The Labute approximate surface area is 101 Å². The van der Waals surface area contributed by atoms with E-state index in [1.807, 2.05) is 0 Å². The Bertz CT molecular complexity index is 159. The molecule has 0 nitrogen and oxygen atoms in total. The molecule has 0 radical (unpaired) electrons. The van der Waals surface area contributed by atoms with Gasteiger partial charge in [0.1, 0.15) is 0 Å². The first-order valence-electron chi connectivity index (χ1n) is 6.82. The number of unbranched alkanes of at least 4 members (excludes halogenated alkanes) is 1. The fourth-order valence-corrected chi connectivity index (χ4v) is 3.45. The Hall–Kier alpha value is 0.290. The molecule has 1 heteroatoms. The Kier molecular flexibility index (Phi) is 6.04. The monoisotopic (exact) mass is 230 g/mol. The molecule has 0 N–H and O–H groups in total. The Morgan fingerprint density at radius 1 is 1.20 bits per heavy atom. The van der Waals surface area contributed by atoms with E-state index in [1.54, 1.807) is 0 Å². The molecule has 0 aromatic rings. The van der Waals surface area contributed by atoms with Crippen LogP contribution in [-0.2, 0) is 0 Å². The fourth-order valence-electron chi connectivity index (χ4n) is 3.07. The fraction of sp³-hybridized carbons (Fsp3) is 1.00. The first-order valence-corrected chi connectivity index (χ1v) is 7.35. The zero-order valence-electron chi connectivity index (χ0n) is 10.5. The van der Waals surface area contributed by atoms with E-state index in [-0.39, 0.29) is 0 Å². The van der Waals surface area contributed by atoms with Crippen molar-refractivity contribution in [2.75, 3.05) is 5.88 Å². The third kappa shape index (κ3) is 3.98. The minimum absolute atomic E-state index is 0.524. The lowest BCUT2D eigenvalue weighted by Gasteiger charge is -2.31. The highest BCUT2D eigenvalue weighted by atomic mass is 35.5. The van der Waals surface area contributed by atoms with Crippen LogP contribution in [0.15, 0.2) is 0 Å². The second-order valence-corrected chi connectivity index (χ2v) is 5.73. The Balaban J connectivity index is 2.40. The Morgan fingerprint density at radius 3 is 2.33 bits per heavy atom. The van der Waals surface area contributed by atoms with Crippen molar-refractivity contribution in [3.63, 3.8) is 0 Å². The zero-order chi connectivity index (χ0) is 11.1. The lowest BCUT2D eigenvalue weighted by atomic mass is 9.77. The van der Waals surface area contributed by atoms with Crippen molar-refractivity contribution in [2.24, 2.45) is 11.3 Å². The van der Waals surface area contributed by atoms with Gasteiger partial charge >= 0.3 is 0 Å². The van der Waals surface area contributed by atoms with E-state index in [0.29, 0.717) is 5.41 Å². The lowest BCUT2D eigenvalue weighted by molar-refractivity contribution is 0.235. The van der Waals surface area contributed by atoms with Crippen molar-refractivity contribution in [2.45, 2.75) is 71.6 Å². The third-order valence-electron chi connectivity index (χ3n) is 4.21. The SMILES string of the molecule is CCCCC(CC)CC1(CCl)CCCC1. The summed E-state index contributed by atoms with van der Waals surface area (Å²) in [6.45, 7) is 4.64. The molecule has 1 atom stereocenters. The summed E-state index contributed by atoms with van der Waals surface area (Å²) < 4.78 is 0. The number of alkyl halides is 1. The summed E-state index contributed by atoms with van der Waals surface area (Å²) in [6, 6.07) is 0. The maximum atomic E-state index is 6.20. The highest BCUT2D eigenvalue weighted by molar-refractivity contribution is 6.18. The van der Waals surface area contributed by atoms with Crippen molar-refractivity contribution in [3.8, 4) is 0 Å². The topological polar surface area (TPSA) is 0 Å². The molecular formula is C14H27Cl. The summed E-state index contributed by atoms with van der Waals surface area (Å²) in [6.07, 6.45) is 12.5. The van der Waals surface area contributed by atoms with Crippen LogP contribution in [0, 0.1) is 11.3 Å². The van der Waals surface area contributed by atoms with Gasteiger partial charge in [0.2, 0.25) is 0 Å². The zero-order valence-corrected chi connectivity index (χ0v) is 11.3. The second-order valence-electron chi connectivity index (χ2n) is 5.46. The number of rotatable bonds is 7. The molecule has 90 valence electrons.